The van der Waals surface area contributed by atoms with Gasteiger partial charge >= 0.3 is 0 Å². The summed E-state index contributed by atoms with van der Waals surface area (Å²) in [6, 6.07) is 4.77. The van der Waals surface area contributed by atoms with Gasteiger partial charge in [-0.05, 0) is 45.1 Å². The summed E-state index contributed by atoms with van der Waals surface area (Å²) < 4.78 is 5.77. The molecule has 6 heteroatoms. The van der Waals surface area contributed by atoms with E-state index in [1.807, 2.05) is 30.1 Å². The summed E-state index contributed by atoms with van der Waals surface area (Å²) in [5.41, 5.74) is 0. The molecule has 0 aromatic carbocycles. The van der Waals surface area contributed by atoms with Crippen molar-refractivity contribution in [1.29, 1.82) is 0 Å². The van der Waals surface area contributed by atoms with Crippen LogP contribution in [0.15, 0.2) is 17.1 Å². The van der Waals surface area contributed by atoms with Crippen molar-refractivity contribution in [2.75, 3.05) is 33.1 Å². The fourth-order valence-corrected chi connectivity index (χ4v) is 4.63. The quantitative estimate of drug-likeness (QED) is 0.608. The molecule has 23 heavy (non-hydrogen) atoms. The number of guanidine groups is 1. The first kappa shape index (κ1) is 18.6. The second kappa shape index (κ2) is 8.94. The highest BCUT2D eigenvalue weighted by molar-refractivity contribution is 8.00. The van der Waals surface area contributed by atoms with Crippen LogP contribution in [0, 0.1) is 6.92 Å². The van der Waals surface area contributed by atoms with Crippen molar-refractivity contribution < 1.29 is 4.74 Å². The van der Waals surface area contributed by atoms with E-state index >= 15 is 0 Å². The summed E-state index contributed by atoms with van der Waals surface area (Å²) in [4.78, 5) is 7.17. The molecule has 0 saturated carbocycles. The predicted octanol–water partition coefficient (Wildman–Crippen LogP) is 3.06. The normalized spacial score (nSPS) is 19.4. The number of nitrogens with zero attached hydrogens (tertiary/aromatic N) is 1. The molecular formula is C17H29N3OS2. The van der Waals surface area contributed by atoms with Crippen molar-refractivity contribution in [2.45, 2.75) is 43.9 Å². The first-order valence-electron chi connectivity index (χ1n) is 8.22. The number of hydrogen-bond donors (Lipinski definition) is 2. The summed E-state index contributed by atoms with van der Waals surface area (Å²) >= 11 is 3.82. The van der Waals surface area contributed by atoms with Crippen molar-refractivity contribution in [3.63, 3.8) is 0 Å². The van der Waals surface area contributed by atoms with Gasteiger partial charge < -0.3 is 15.4 Å². The first-order chi connectivity index (χ1) is 11.1. The van der Waals surface area contributed by atoms with Crippen molar-refractivity contribution in [2.24, 2.45) is 4.99 Å². The molecule has 1 aromatic heterocycles. The van der Waals surface area contributed by atoms with Crippen LogP contribution in [-0.4, -0.2) is 49.8 Å². The summed E-state index contributed by atoms with van der Waals surface area (Å²) in [6.45, 7) is 7.02. The molecule has 2 heterocycles. The van der Waals surface area contributed by atoms with Crippen molar-refractivity contribution >= 4 is 29.1 Å². The van der Waals surface area contributed by atoms with Crippen molar-refractivity contribution in [1.82, 2.24) is 10.6 Å². The van der Waals surface area contributed by atoms with Crippen LogP contribution in [0.1, 0.15) is 29.5 Å². The van der Waals surface area contributed by atoms with Gasteiger partial charge in [0.15, 0.2) is 5.96 Å². The maximum Gasteiger partial charge on any atom is 0.191 e. The van der Waals surface area contributed by atoms with Crippen molar-refractivity contribution in [3.8, 4) is 0 Å². The number of aliphatic imine (C=N–C) groups is 1. The van der Waals surface area contributed by atoms with Gasteiger partial charge in [0.25, 0.3) is 0 Å². The van der Waals surface area contributed by atoms with E-state index in [2.05, 4.69) is 47.9 Å². The molecular weight excluding hydrogens is 326 g/mol. The second-order valence-corrected chi connectivity index (χ2v) is 8.83. The van der Waals surface area contributed by atoms with E-state index < -0.39 is 0 Å². The Morgan fingerprint density at radius 1 is 1.43 bits per heavy atom. The average molecular weight is 356 g/mol. The lowest BCUT2D eigenvalue weighted by Gasteiger charge is -2.36. The number of ether oxygens (including phenoxy) is 1. The number of thioether (sulfide) groups is 1. The van der Waals surface area contributed by atoms with E-state index in [9.17, 15) is 0 Å². The van der Waals surface area contributed by atoms with Gasteiger partial charge in [0.05, 0.1) is 0 Å². The lowest BCUT2D eigenvalue weighted by Crippen LogP contribution is -2.49. The molecule has 1 aliphatic rings. The van der Waals surface area contributed by atoms with E-state index in [0.29, 0.717) is 6.04 Å². The zero-order valence-corrected chi connectivity index (χ0v) is 16.3. The van der Waals surface area contributed by atoms with Gasteiger partial charge in [0.1, 0.15) is 0 Å². The van der Waals surface area contributed by atoms with Crippen LogP contribution in [0.25, 0.3) is 0 Å². The molecule has 130 valence electrons. The number of nitrogens with one attached hydrogen (secondary N) is 2. The number of thiophene rings is 1. The van der Waals surface area contributed by atoms with Gasteiger partial charge in [-0.25, -0.2) is 0 Å². The molecule has 1 saturated heterocycles. The van der Waals surface area contributed by atoms with Gasteiger partial charge in [-0.15, -0.1) is 11.3 Å². The van der Waals surface area contributed by atoms with E-state index in [1.54, 1.807) is 0 Å². The predicted molar refractivity (Wildman–Crippen MR) is 103 cm³/mol. The monoisotopic (exact) mass is 355 g/mol. The summed E-state index contributed by atoms with van der Waals surface area (Å²) in [6.07, 6.45) is 5.43. The topological polar surface area (TPSA) is 45.7 Å². The van der Waals surface area contributed by atoms with E-state index in [-0.39, 0.29) is 4.75 Å². The third-order valence-electron chi connectivity index (χ3n) is 4.33. The molecule has 0 bridgehead atoms. The molecule has 2 rings (SSSR count). The van der Waals surface area contributed by atoms with Crippen LogP contribution in [0.4, 0.5) is 0 Å². The highest BCUT2D eigenvalue weighted by Gasteiger charge is 2.31. The average Bonchev–Trinajstić information content (AvgIpc) is 2.97. The third-order valence-corrected chi connectivity index (χ3v) is 6.77. The Morgan fingerprint density at radius 2 is 2.17 bits per heavy atom. The van der Waals surface area contributed by atoms with Crippen LogP contribution in [0.2, 0.25) is 0 Å². The Morgan fingerprint density at radius 3 is 2.74 bits per heavy atom. The zero-order valence-electron chi connectivity index (χ0n) is 14.6. The van der Waals surface area contributed by atoms with Gasteiger partial charge in [-0.3, -0.25) is 4.99 Å². The molecule has 1 aromatic rings. The molecule has 2 N–H and O–H groups in total. The highest BCUT2D eigenvalue weighted by atomic mass is 32.2. The van der Waals surface area contributed by atoms with E-state index in [4.69, 9.17) is 4.74 Å². The van der Waals surface area contributed by atoms with Crippen LogP contribution in [0.5, 0.6) is 0 Å². The van der Waals surface area contributed by atoms with Gasteiger partial charge in [0.2, 0.25) is 0 Å². The Balaban J connectivity index is 1.82. The molecule has 1 unspecified atom stereocenters. The first-order valence-corrected chi connectivity index (χ1v) is 10.3. The molecule has 4 nitrogen and oxygen atoms in total. The maximum absolute atomic E-state index is 5.51. The molecule has 0 amide bonds. The second-order valence-electron chi connectivity index (χ2n) is 6.19. The Kier molecular flexibility index (Phi) is 7.24. The molecule has 1 atom stereocenters. The summed E-state index contributed by atoms with van der Waals surface area (Å²) in [7, 11) is 1.84. The lowest BCUT2D eigenvalue weighted by atomic mass is 9.99. The van der Waals surface area contributed by atoms with Crippen molar-refractivity contribution in [3.05, 3.63) is 21.9 Å². The molecule has 0 aliphatic carbocycles. The van der Waals surface area contributed by atoms with Gasteiger partial charge in [-0.1, -0.05) is 0 Å². The minimum absolute atomic E-state index is 0.268. The smallest absolute Gasteiger partial charge is 0.191 e. The lowest BCUT2D eigenvalue weighted by molar-refractivity contribution is 0.0782. The number of rotatable bonds is 6. The third kappa shape index (κ3) is 5.69. The Bertz CT molecular complexity index is 510. The number of aryl methyl sites for hydroxylation is 1. The van der Waals surface area contributed by atoms with Crippen LogP contribution in [-0.2, 0) is 11.2 Å². The fourth-order valence-electron chi connectivity index (χ4n) is 2.82. The number of hydrogen-bond acceptors (Lipinski definition) is 4. The molecule has 1 fully saturated rings. The van der Waals surface area contributed by atoms with Crippen LogP contribution >= 0.6 is 23.1 Å². The van der Waals surface area contributed by atoms with Gasteiger partial charge in [0, 0.05) is 53.8 Å². The summed E-state index contributed by atoms with van der Waals surface area (Å²) in [5, 5.41) is 7.03. The largest absolute Gasteiger partial charge is 0.381 e. The minimum Gasteiger partial charge on any atom is -0.381 e. The van der Waals surface area contributed by atoms with Crippen LogP contribution in [0.3, 0.4) is 0 Å². The molecule has 0 spiro atoms. The van der Waals surface area contributed by atoms with E-state index in [1.165, 1.54) is 9.75 Å². The van der Waals surface area contributed by atoms with E-state index in [0.717, 1.165) is 45.0 Å². The maximum atomic E-state index is 5.51. The zero-order chi connectivity index (χ0) is 16.7. The Labute approximate surface area is 148 Å². The van der Waals surface area contributed by atoms with Crippen LogP contribution < -0.4 is 10.6 Å². The summed E-state index contributed by atoms with van der Waals surface area (Å²) in [5.74, 6) is 0.894. The molecule has 1 aliphatic heterocycles. The fraction of sp³-hybridized carbons (Fsp3) is 0.706. The Hall–Kier alpha value is -0.720. The highest BCUT2D eigenvalue weighted by Crippen LogP contribution is 2.32. The minimum atomic E-state index is 0.268. The standard InChI is InChI=1S/C17H29N3OS2/c1-13(11-15-6-5-14(2)23-15)20-16(18-3)19-12-17(22-4)7-9-21-10-8-17/h5-6,13H,7-12H2,1-4H3,(H2,18,19,20). The van der Waals surface area contributed by atoms with Gasteiger partial charge in [-0.2, -0.15) is 11.8 Å². The molecule has 0 radical (unpaired) electrons. The SMILES string of the molecule is CN=C(NCC1(SC)CCOCC1)NC(C)Cc1ccc(C)s1.